The molecular weight excluding hydrogens is 220 g/mol. The van der Waals surface area contributed by atoms with Gasteiger partial charge in [-0.3, -0.25) is 4.79 Å². The molecule has 0 bridgehead atoms. The molecule has 2 aliphatic rings. The standard InChI is InChI=1S/C12H20N2O3/c1-7-5-9(7)6-13-12(17)14-4-3-10(8(14)2)11(15)16/h7-10H,3-6H2,1-2H3,(H,13,17)(H,15,16). The molecule has 2 fully saturated rings. The van der Waals surface area contributed by atoms with E-state index in [0.29, 0.717) is 18.9 Å². The van der Waals surface area contributed by atoms with E-state index in [2.05, 4.69) is 12.2 Å². The zero-order valence-electron chi connectivity index (χ0n) is 10.3. The van der Waals surface area contributed by atoms with Crippen LogP contribution in [0.4, 0.5) is 4.79 Å². The normalized spacial score (nSPS) is 35.8. The first-order chi connectivity index (χ1) is 8.00. The van der Waals surface area contributed by atoms with Crippen molar-refractivity contribution in [3.63, 3.8) is 0 Å². The van der Waals surface area contributed by atoms with E-state index in [-0.39, 0.29) is 12.1 Å². The summed E-state index contributed by atoms with van der Waals surface area (Å²) in [5.41, 5.74) is 0. The Balaban J connectivity index is 1.81. The lowest BCUT2D eigenvalue weighted by Gasteiger charge is -2.23. The van der Waals surface area contributed by atoms with Crippen molar-refractivity contribution in [2.24, 2.45) is 17.8 Å². The summed E-state index contributed by atoms with van der Waals surface area (Å²) in [7, 11) is 0. The van der Waals surface area contributed by atoms with Crippen molar-refractivity contribution in [2.45, 2.75) is 32.7 Å². The second kappa shape index (κ2) is 4.55. The van der Waals surface area contributed by atoms with Gasteiger partial charge in [0.1, 0.15) is 0 Å². The van der Waals surface area contributed by atoms with Crippen LogP contribution in [0.3, 0.4) is 0 Å². The van der Waals surface area contributed by atoms with E-state index in [1.54, 1.807) is 4.90 Å². The molecule has 4 atom stereocenters. The minimum Gasteiger partial charge on any atom is -0.481 e. The van der Waals surface area contributed by atoms with Gasteiger partial charge >= 0.3 is 12.0 Å². The third kappa shape index (κ3) is 2.53. The molecule has 1 heterocycles. The molecule has 1 saturated heterocycles. The molecule has 5 nitrogen and oxygen atoms in total. The summed E-state index contributed by atoms with van der Waals surface area (Å²) in [6.45, 7) is 5.26. The zero-order chi connectivity index (χ0) is 12.6. The molecule has 2 N–H and O–H groups in total. The minimum absolute atomic E-state index is 0.111. The predicted molar refractivity (Wildman–Crippen MR) is 62.6 cm³/mol. The van der Waals surface area contributed by atoms with Crippen molar-refractivity contribution >= 4 is 12.0 Å². The number of carbonyl (C=O) groups excluding carboxylic acids is 1. The van der Waals surface area contributed by atoms with Crippen LogP contribution in [-0.4, -0.2) is 41.1 Å². The number of rotatable bonds is 3. The fourth-order valence-corrected chi connectivity index (χ4v) is 2.56. The molecule has 1 aliphatic heterocycles. The molecule has 96 valence electrons. The Hall–Kier alpha value is -1.26. The van der Waals surface area contributed by atoms with Crippen molar-refractivity contribution in [1.82, 2.24) is 10.2 Å². The van der Waals surface area contributed by atoms with Crippen molar-refractivity contribution in [2.75, 3.05) is 13.1 Å². The lowest BCUT2D eigenvalue weighted by atomic mass is 10.0. The number of nitrogens with one attached hydrogen (secondary N) is 1. The molecule has 17 heavy (non-hydrogen) atoms. The van der Waals surface area contributed by atoms with Gasteiger partial charge in [0.05, 0.1) is 5.92 Å². The molecule has 0 aromatic rings. The summed E-state index contributed by atoms with van der Waals surface area (Å²) in [6, 6.07) is -0.315. The average Bonchev–Trinajstić information content (AvgIpc) is 2.81. The molecule has 2 amide bonds. The Morgan fingerprint density at radius 1 is 1.41 bits per heavy atom. The van der Waals surface area contributed by atoms with Crippen molar-refractivity contribution in [3.05, 3.63) is 0 Å². The van der Waals surface area contributed by atoms with E-state index < -0.39 is 11.9 Å². The number of carboxylic acids is 1. The number of carboxylic acid groups (broad SMARTS) is 1. The van der Waals surface area contributed by atoms with E-state index in [1.165, 1.54) is 6.42 Å². The smallest absolute Gasteiger partial charge is 0.317 e. The quantitative estimate of drug-likeness (QED) is 0.777. The molecule has 0 radical (unpaired) electrons. The fourth-order valence-electron chi connectivity index (χ4n) is 2.56. The lowest BCUT2D eigenvalue weighted by Crippen LogP contribution is -2.44. The van der Waals surface area contributed by atoms with Crippen LogP contribution >= 0.6 is 0 Å². The number of aliphatic carboxylic acids is 1. The van der Waals surface area contributed by atoms with Crippen LogP contribution in [0.2, 0.25) is 0 Å². The third-order valence-electron chi connectivity index (χ3n) is 4.12. The van der Waals surface area contributed by atoms with E-state index in [1.807, 2.05) is 6.92 Å². The van der Waals surface area contributed by atoms with Gasteiger partial charge in [0.15, 0.2) is 0 Å². The van der Waals surface area contributed by atoms with Crippen LogP contribution in [0.25, 0.3) is 0 Å². The fraction of sp³-hybridized carbons (Fsp3) is 0.833. The van der Waals surface area contributed by atoms with Crippen molar-refractivity contribution in [1.29, 1.82) is 0 Å². The SMILES string of the molecule is CC1CC1CNC(=O)N1CCC(C(=O)O)C1C. The number of urea groups is 1. The highest BCUT2D eigenvalue weighted by molar-refractivity contribution is 5.78. The van der Waals surface area contributed by atoms with E-state index in [4.69, 9.17) is 5.11 Å². The maximum absolute atomic E-state index is 11.9. The van der Waals surface area contributed by atoms with Crippen molar-refractivity contribution in [3.8, 4) is 0 Å². The van der Waals surface area contributed by atoms with Gasteiger partial charge in [-0.2, -0.15) is 0 Å². The average molecular weight is 240 g/mol. The monoisotopic (exact) mass is 240 g/mol. The number of carbonyl (C=O) groups is 2. The Kier molecular flexibility index (Phi) is 3.26. The minimum atomic E-state index is -0.802. The maximum atomic E-state index is 11.9. The Morgan fingerprint density at radius 3 is 2.53 bits per heavy atom. The van der Waals surface area contributed by atoms with Gasteiger partial charge in [-0.15, -0.1) is 0 Å². The van der Waals surface area contributed by atoms with Gasteiger partial charge in [-0.05, 0) is 31.6 Å². The summed E-state index contributed by atoms with van der Waals surface area (Å²) in [5.74, 6) is 0.120. The highest BCUT2D eigenvalue weighted by Gasteiger charge is 2.39. The Morgan fingerprint density at radius 2 is 2.06 bits per heavy atom. The van der Waals surface area contributed by atoms with Crippen LogP contribution in [0.15, 0.2) is 0 Å². The van der Waals surface area contributed by atoms with Gasteiger partial charge < -0.3 is 15.3 Å². The number of hydrogen-bond acceptors (Lipinski definition) is 2. The molecule has 2 rings (SSSR count). The number of amides is 2. The maximum Gasteiger partial charge on any atom is 0.317 e. The van der Waals surface area contributed by atoms with E-state index in [0.717, 1.165) is 12.5 Å². The zero-order valence-corrected chi connectivity index (χ0v) is 10.3. The highest BCUT2D eigenvalue weighted by Crippen LogP contribution is 2.36. The summed E-state index contributed by atoms with van der Waals surface area (Å²) in [6.07, 6.45) is 1.75. The molecular formula is C12H20N2O3. The van der Waals surface area contributed by atoms with E-state index >= 15 is 0 Å². The Bertz CT molecular complexity index is 332. The predicted octanol–water partition coefficient (Wildman–Crippen LogP) is 1.15. The summed E-state index contributed by atoms with van der Waals surface area (Å²) < 4.78 is 0. The van der Waals surface area contributed by atoms with Gasteiger partial charge in [0.2, 0.25) is 0 Å². The number of hydrogen-bond donors (Lipinski definition) is 2. The first kappa shape index (κ1) is 12.2. The highest BCUT2D eigenvalue weighted by atomic mass is 16.4. The first-order valence-corrected chi connectivity index (χ1v) is 6.28. The summed E-state index contributed by atoms with van der Waals surface area (Å²) in [5, 5.41) is 11.9. The summed E-state index contributed by atoms with van der Waals surface area (Å²) >= 11 is 0. The topological polar surface area (TPSA) is 69.6 Å². The molecule has 1 aliphatic carbocycles. The molecule has 4 unspecified atom stereocenters. The largest absolute Gasteiger partial charge is 0.481 e. The summed E-state index contributed by atoms with van der Waals surface area (Å²) in [4.78, 5) is 24.5. The van der Waals surface area contributed by atoms with Crippen LogP contribution < -0.4 is 5.32 Å². The van der Waals surface area contributed by atoms with Gasteiger partial charge in [0, 0.05) is 19.1 Å². The van der Waals surface area contributed by atoms with E-state index in [9.17, 15) is 9.59 Å². The number of nitrogens with zero attached hydrogens (tertiary/aromatic N) is 1. The van der Waals surface area contributed by atoms with Gasteiger partial charge in [0.25, 0.3) is 0 Å². The molecule has 1 saturated carbocycles. The first-order valence-electron chi connectivity index (χ1n) is 6.28. The van der Waals surface area contributed by atoms with Gasteiger partial charge in [-0.1, -0.05) is 6.92 Å². The molecule has 0 aromatic heterocycles. The lowest BCUT2D eigenvalue weighted by molar-refractivity contribution is -0.142. The molecule has 0 spiro atoms. The van der Waals surface area contributed by atoms with Crippen LogP contribution in [0.5, 0.6) is 0 Å². The second-order valence-electron chi connectivity index (χ2n) is 5.33. The van der Waals surface area contributed by atoms with Crippen LogP contribution in [0.1, 0.15) is 26.7 Å². The second-order valence-corrected chi connectivity index (χ2v) is 5.33. The van der Waals surface area contributed by atoms with Crippen molar-refractivity contribution < 1.29 is 14.7 Å². The third-order valence-corrected chi connectivity index (χ3v) is 4.12. The molecule has 0 aromatic carbocycles. The van der Waals surface area contributed by atoms with Gasteiger partial charge in [-0.25, -0.2) is 4.79 Å². The van der Waals surface area contributed by atoms with Crippen LogP contribution in [-0.2, 0) is 4.79 Å². The van der Waals surface area contributed by atoms with Crippen LogP contribution in [0, 0.1) is 17.8 Å². The number of likely N-dealkylation sites (tertiary alicyclic amines) is 1. The Labute approximate surface area is 101 Å². The molecule has 5 heteroatoms.